The number of sulfonamides is 1. The average Bonchev–Trinajstić information content (AvgIpc) is 3.17. The average molecular weight is 295 g/mol. The third-order valence-corrected chi connectivity index (χ3v) is 4.38. The maximum absolute atomic E-state index is 13.4. The van der Waals surface area contributed by atoms with Crippen LogP contribution >= 0.6 is 0 Å². The molecule has 0 spiro atoms. The Kier molecular flexibility index (Phi) is 3.84. The van der Waals surface area contributed by atoms with Crippen LogP contribution in [-0.4, -0.2) is 26.2 Å². The zero-order valence-electron chi connectivity index (χ0n) is 9.74. The molecule has 1 aromatic carbocycles. The highest BCUT2D eigenvalue weighted by Gasteiger charge is 2.31. The van der Waals surface area contributed by atoms with E-state index in [0.717, 1.165) is 12.8 Å². The third-order valence-electron chi connectivity index (χ3n) is 2.94. The predicted octanol–water partition coefficient (Wildman–Crippen LogP) is 1.15. The predicted molar refractivity (Wildman–Crippen MR) is 60.2 cm³/mol. The van der Waals surface area contributed by atoms with E-state index in [9.17, 15) is 26.7 Å². The lowest BCUT2D eigenvalue weighted by Gasteiger charge is -2.12. The van der Waals surface area contributed by atoms with Crippen molar-refractivity contribution in [3.8, 4) is 0 Å². The van der Waals surface area contributed by atoms with Crippen molar-refractivity contribution in [2.24, 2.45) is 5.92 Å². The van der Waals surface area contributed by atoms with Crippen molar-refractivity contribution in [1.82, 2.24) is 4.72 Å². The van der Waals surface area contributed by atoms with E-state index in [4.69, 9.17) is 0 Å². The standard InChI is InChI=1S/C11H12F3NO3S/c12-7-3-4-9(11(14)10(7)13)19(17,18)15-5-8(16)6-1-2-6/h3-4,6,8,15-16H,1-2,5H2. The fourth-order valence-electron chi connectivity index (χ4n) is 1.64. The fraction of sp³-hybridized carbons (Fsp3) is 0.455. The number of nitrogens with one attached hydrogen (secondary N) is 1. The van der Waals surface area contributed by atoms with Crippen LogP contribution in [-0.2, 0) is 10.0 Å². The fourth-order valence-corrected chi connectivity index (χ4v) is 2.75. The quantitative estimate of drug-likeness (QED) is 0.801. The summed E-state index contributed by atoms with van der Waals surface area (Å²) >= 11 is 0. The van der Waals surface area contributed by atoms with Crippen LogP contribution in [0.3, 0.4) is 0 Å². The SMILES string of the molecule is O=S(=O)(NCC(O)C1CC1)c1ccc(F)c(F)c1F. The molecule has 1 aliphatic rings. The van der Waals surface area contributed by atoms with Gasteiger partial charge in [0.2, 0.25) is 10.0 Å². The highest BCUT2D eigenvalue weighted by atomic mass is 32.2. The molecule has 1 aliphatic carbocycles. The number of benzene rings is 1. The van der Waals surface area contributed by atoms with E-state index in [0.29, 0.717) is 12.1 Å². The van der Waals surface area contributed by atoms with Gasteiger partial charge in [-0.3, -0.25) is 0 Å². The summed E-state index contributed by atoms with van der Waals surface area (Å²) in [6.45, 7) is -0.286. The second-order valence-corrected chi connectivity index (χ2v) is 6.17. The molecule has 1 atom stereocenters. The molecule has 19 heavy (non-hydrogen) atoms. The molecule has 1 unspecified atom stereocenters. The second kappa shape index (κ2) is 5.10. The van der Waals surface area contributed by atoms with Gasteiger partial charge in [0.05, 0.1) is 6.10 Å². The van der Waals surface area contributed by atoms with E-state index >= 15 is 0 Å². The van der Waals surface area contributed by atoms with E-state index in [1.165, 1.54) is 0 Å². The van der Waals surface area contributed by atoms with Crippen LogP contribution < -0.4 is 4.72 Å². The van der Waals surface area contributed by atoms with Crippen molar-refractivity contribution in [2.75, 3.05) is 6.54 Å². The van der Waals surface area contributed by atoms with Gasteiger partial charge in [0.25, 0.3) is 0 Å². The smallest absolute Gasteiger partial charge is 0.243 e. The third kappa shape index (κ3) is 3.07. The van der Waals surface area contributed by atoms with Gasteiger partial charge in [0.15, 0.2) is 17.5 Å². The van der Waals surface area contributed by atoms with Crippen molar-refractivity contribution < 1.29 is 26.7 Å². The van der Waals surface area contributed by atoms with Crippen molar-refractivity contribution in [1.29, 1.82) is 0 Å². The van der Waals surface area contributed by atoms with E-state index in [1.807, 2.05) is 4.72 Å². The Balaban J connectivity index is 2.17. The minimum absolute atomic E-state index is 0.0394. The maximum atomic E-state index is 13.4. The molecule has 1 fully saturated rings. The van der Waals surface area contributed by atoms with E-state index in [-0.39, 0.29) is 12.5 Å². The Labute approximate surface area is 108 Å². The molecule has 4 nitrogen and oxygen atoms in total. The summed E-state index contributed by atoms with van der Waals surface area (Å²) in [5.74, 6) is -5.04. The Morgan fingerprint density at radius 1 is 1.26 bits per heavy atom. The van der Waals surface area contributed by atoms with Gasteiger partial charge in [-0.2, -0.15) is 0 Å². The minimum Gasteiger partial charge on any atom is -0.391 e. The van der Waals surface area contributed by atoms with Crippen LogP contribution in [0.5, 0.6) is 0 Å². The Hall–Kier alpha value is -1.12. The number of rotatable bonds is 5. The van der Waals surface area contributed by atoms with Gasteiger partial charge in [-0.25, -0.2) is 26.3 Å². The van der Waals surface area contributed by atoms with E-state index < -0.39 is 38.5 Å². The molecule has 0 aliphatic heterocycles. The molecule has 1 aromatic rings. The van der Waals surface area contributed by atoms with Gasteiger partial charge in [-0.15, -0.1) is 0 Å². The Morgan fingerprint density at radius 3 is 2.47 bits per heavy atom. The molecule has 106 valence electrons. The number of hydrogen-bond donors (Lipinski definition) is 2. The molecule has 0 aromatic heterocycles. The number of halogens is 3. The van der Waals surface area contributed by atoms with Gasteiger partial charge in [0, 0.05) is 6.54 Å². The first-order valence-electron chi connectivity index (χ1n) is 5.64. The van der Waals surface area contributed by atoms with Crippen LogP contribution in [0, 0.1) is 23.4 Å². The maximum Gasteiger partial charge on any atom is 0.243 e. The first kappa shape index (κ1) is 14.3. The molecule has 2 rings (SSSR count). The van der Waals surface area contributed by atoms with Crippen molar-refractivity contribution in [2.45, 2.75) is 23.8 Å². The van der Waals surface area contributed by atoms with Crippen LogP contribution in [0.15, 0.2) is 17.0 Å². The molecule has 0 bridgehead atoms. The zero-order valence-corrected chi connectivity index (χ0v) is 10.6. The number of aliphatic hydroxyl groups is 1. The number of hydrogen-bond acceptors (Lipinski definition) is 3. The summed E-state index contributed by atoms with van der Waals surface area (Å²) in [6.07, 6.45) is 0.758. The molecule has 2 N–H and O–H groups in total. The van der Waals surface area contributed by atoms with E-state index in [2.05, 4.69) is 0 Å². The summed E-state index contributed by atoms with van der Waals surface area (Å²) in [7, 11) is -4.32. The zero-order chi connectivity index (χ0) is 14.2. The lowest BCUT2D eigenvalue weighted by atomic mass is 10.2. The van der Waals surface area contributed by atoms with Crippen molar-refractivity contribution in [3.05, 3.63) is 29.6 Å². The van der Waals surface area contributed by atoms with Crippen LogP contribution in [0.1, 0.15) is 12.8 Å². The molecule has 1 saturated carbocycles. The molecule has 8 heteroatoms. The normalized spacial score (nSPS) is 17.5. The molecule has 0 heterocycles. The van der Waals surface area contributed by atoms with Gasteiger partial charge in [-0.1, -0.05) is 0 Å². The summed E-state index contributed by atoms with van der Waals surface area (Å²) < 4.78 is 64.4. The summed E-state index contributed by atoms with van der Waals surface area (Å²) in [6, 6.07) is 1.17. The molecule has 0 radical (unpaired) electrons. The molecule has 0 amide bonds. The number of aliphatic hydroxyl groups excluding tert-OH is 1. The topological polar surface area (TPSA) is 66.4 Å². The molecule has 0 saturated heterocycles. The Bertz CT molecular complexity index is 587. The van der Waals surface area contributed by atoms with Crippen molar-refractivity contribution in [3.63, 3.8) is 0 Å². The molecular formula is C11H12F3NO3S. The van der Waals surface area contributed by atoms with Gasteiger partial charge in [-0.05, 0) is 30.9 Å². The van der Waals surface area contributed by atoms with Crippen LogP contribution in [0.2, 0.25) is 0 Å². The van der Waals surface area contributed by atoms with Crippen molar-refractivity contribution >= 4 is 10.0 Å². The minimum atomic E-state index is -4.32. The largest absolute Gasteiger partial charge is 0.391 e. The van der Waals surface area contributed by atoms with Gasteiger partial charge >= 0.3 is 0 Å². The van der Waals surface area contributed by atoms with Crippen LogP contribution in [0.4, 0.5) is 13.2 Å². The summed E-state index contributed by atoms with van der Waals surface area (Å²) in [5.41, 5.74) is 0. The first-order valence-corrected chi connectivity index (χ1v) is 7.12. The Morgan fingerprint density at radius 2 is 1.89 bits per heavy atom. The summed E-state index contributed by atoms with van der Waals surface area (Å²) in [5, 5.41) is 9.51. The van der Waals surface area contributed by atoms with Gasteiger partial charge < -0.3 is 5.11 Å². The second-order valence-electron chi connectivity index (χ2n) is 4.43. The van der Waals surface area contributed by atoms with E-state index in [1.54, 1.807) is 0 Å². The lowest BCUT2D eigenvalue weighted by molar-refractivity contribution is 0.155. The lowest BCUT2D eigenvalue weighted by Crippen LogP contribution is -2.33. The van der Waals surface area contributed by atoms with Gasteiger partial charge in [0.1, 0.15) is 4.90 Å². The highest BCUT2D eigenvalue weighted by molar-refractivity contribution is 7.89. The summed E-state index contributed by atoms with van der Waals surface area (Å²) in [4.78, 5) is -0.977. The first-order chi connectivity index (χ1) is 8.83. The monoisotopic (exact) mass is 295 g/mol. The van der Waals surface area contributed by atoms with Crippen LogP contribution in [0.25, 0.3) is 0 Å². The highest BCUT2D eigenvalue weighted by Crippen LogP contribution is 2.32. The molecular weight excluding hydrogens is 283 g/mol.